The van der Waals surface area contributed by atoms with Crippen molar-refractivity contribution in [2.24, 2.45) is 11.8 Å². The van der Waals surface area contributed by atoms with Crippen LogP contribution in [0.5, 0.6) is 5.75 Å². The summed E-state index contributed by atoms with van der Waals surface area (Å²) >= 11 is 0. The SMILES string of the molecule is COc1ccc([C@@H](NC(=O)OC(C)(C)C)[C@@H](C=O)C(C)C)cc1. The molecule has 1 aromatic rings. The van der Waals surface area contributed by atoms with E-state index < -0.39 is 17.7 Å². The van der Waals surface area contributed by atoms with E-state index in [1.54, 1.807) is 40.0 Å². The first-order chi connectivity index (χ1) is 10.7. The maximum absolute atomic E-state index is 12.1. The highest BCUT2D eigenvalue weighted by atomic mass is 16.6. The van der Waals surface area contributed by atoms with Gasteiger partial charge in [-0.1, -0.05) is 26.0 Å². The van der Waals surface area contributed by atoms with Crippen molar-refractivity contribution < 1.29 is 19.1 Å². The molecule has 0 saturated carbocycles. The van der Waals surface area contributed by atoms with E-state index in [0.29, 0.717) is 0 Å². The Bertz CT molecular complexity index is 517. The lowest BCUT2D eigenvalue weighted by Crippen LogP contribution is -2.39. The molecule has 23 heavy (non-hydrogen) atoms. The fourth-order valence-corrected chi connectivity index (χ4v) is 2.27. The van der Waals surface area contributed by atoms with Gasteiger partial charge in [-0.25, -0.2) is 4.79 Å². The summed E-state index contributed by atoms with van der Waals surface area (Å²) in [6, 6.07) is 6.86. The topological polar surface area (TPSA) is 64.6 Å². The molecule has 128 valence electrons. The minimum atomic E-state index is -0.594. The second-order valence-electron chi connectivity index (χ2n) is 6.85. The summed E-state index contributed by atoms with van der Waals surface area (Å²) in [5.74, 6) is 0.447. The number of nitrogens with one attached hydrogen (secondary N) is 1. The summed E-state index contributed by atoms with van der Waals surface area (Å²) in [6.45, 7) is 9.30. The molecule has 0 aliphatic rings. The molecule has 0 saturated heterocycles. The largest absolute Gasteiger partial charge is 0.497 e. The number of aldehydes is 1. The van der Waals surface area contributed by atoms with E-state index in [-0.39, 0.29) is 11.8 Å². The van der Waals surface area contributed by atoms with Gasteiger partial charge in [0.2, 0.25) is 0 Å². The van der Waals surface area contributed by atoms with Gasteiger partial charge in [0.1, 0.15) is 17.6 Å². The minimum Gasteiger partial charge on any atom is -0.497 e. The average molecular weight is 321 g/mol. The Morgan fingerprint density at radius 1 is 1.17 bits per heavy atom. The number of hydrogen-bond acceptors (Lipinski definition) is 4. The number of benzene rings is 1. The second-order valence-corrected chi connectivity index (χ2v) is 6.85. The van der Waals surface area contributed by atoms with Crippen LogP contribution in [0.15, 0.2) is 24.3 Å². The standard InChI is InChI=1S/C18H27NO4/c1-12(2)15(11-20)16(19-17(21)23-18(3,4)5)13-7-9-14(22-6)10-8-13/h7-12,15-16H,1-6H3,(H,19,21)/t15-,16+/m0/s1. The normalized spacial score (nSPS) is 14.0. The lowest BCUT2D eigenvalue weighted by molar-refractivity contribution is -0.113. The zero-order valence-electron chi connectivity index (χ0n) is 14.8. The van der Waals surface area contributed by atoms with Crippen LogP contribution < -0.4 is 10.1 Å². The summed E-state index contributed by atoms with van der Waals surface area (Å²) in [5, 5.41) is 2.83. The Morgan fingerprint density at radius 3 is 2.13 bits per heavy atom. The molecule has 5 heteroatoms. The van der Waals surface area contributed by atoms with Crippen LogP contribution in [0, 0.1) is 11.8 Å². The van der Waals surface area contributed by atoms with Crippen molar-refractivity contribution in [1.82, 2.24) is 5.32 Å². The first-order valence-corrected chi connectivity index (χ1v) is 7.76. The number of ether oxygens (including phenoxy) is 2. The molecule has 0 heterocycles. The first-order valence-electron chi connectivity index (χ1n) is 7.76. The Kier molecular flexibility index (Phi) is 6.61. The predicted octanol–water partition coefficient (Wildman–Crippen LogP) is 3.73. The van der Waals surface area contributed by atoms with Gasteiger partial charge in [0.05, 0.1) is 13.2 Å². The number of amides is 1. The van der Waals surface area contributed by atoms with E-state index in [4.69, 9.17) is 9.47 Å². The number of alkyl carbamates (subject to hydrolysis) is 1. The minimum absolute atomic E-state index is 0.0783. The smallest absolute Gasteiger partial charge is 0.408 e. The lowest BCUT2D eigenvalue weighted by Gasteiger charge is -2.29. The van der Waals surface area contributed by atoms with E-state index in [0.717, 1.165) is 17.6 Å². The van der Waals surface area contributed by atoms with E-state index >= 15 is 0 Å². The third-order valence-electron chi connectivity index (χ3n) is 3.46. The number of carbonyl (C=O) groups is 2. The van der Waals surface area contributed by atoms with Crippen molar-refractivity contribution in [3.05, 3.63) is 29.8 Å². The summed E-state index contributed by atoms with van der Waals surface area (Å²) in [5.41, 5.74) is 0.241. The van der Waals surface area contributed by atoms with Gasteiger partial charge in [-0.2, -0.15) is 0 Å². The maximum atomic E-state index is 12.1. The van der Waals surface area contributed by atoms with Gasteiger partial charge in [0.25, 0.3) is 0 Å². The van der Waals surface area contributed by atoms with Crippen LogP contribution in [-0.2, 0) is 9.53 Å². The summed E-state index contributed by atoms with van der Waals surface area (Å²) in [7, 11) is 1.59. The predicted molar refractivity (Wildman–Crippen MR) is 89.5 cm³/mol. The van der Waals surface area contributed by atoms with Crippen LogP contribution in [0.4, 0.5) is 4.79 Å². The zero-order valence-corrected chi connectivity index (χ0v) is 14.8. The maximum Gasteiger partial charge on any atom is 0.408 e. The molecule has 0 aliphatic carbocycles. The van der Waals surface area contributed by atoms with Crippen LogP contribution in [-0.4, -0.2) is 25.1 Å². The molecule has 2 atom stereocenters. The highest BCUT2D eigenvalue weighted by Crippen LogP contribution is 2.28. The van der Waals surface area contributed by atoms with Crippen molar-refractivity contribution in [2.45, 2.75) is 46.3 Å². The molecule has 1 amide bonds. The lowest BCUT2D eigenvalue weighted by atomic mass is 9.85. The second kappa shape index (κ2) is 7.99. The number of hydrogen-bond donors (Lipinski definition) is 1. The van der Waals surface area contributed by atoms with E-state index in [1.807, 2.05) is 26.0 Å². The molecule has 1 N–H and O–H groups in total. The third-order valence-corrected chi connectivity index (χ3v) is 3.46. The molecule has 0 aliphatic heterocycles. The first kappa shape index (κ1) is 19.0. The highest BCUT2D eigenvalue weighted by molar-refractivity contribution is 5.70. The van der Waals surface area contributed by atoms with Gasteiger partial charge in [0, 0.05) is 5.92 Å². The van der Waals surface area contributed by atoms with Crippen molar-refractivity contribution >= 4 is 12.4 Å². The van der Waals surface area contributed by atoms with Crippen molar-refractivity contribution in [2.75, 3.05) is 7.11 Å². The Hall–Kier alpha value is -2.04. The van der Waals surface area contributed by atoms with E-state index in [1.165, 1.54) is 0 Å². The van der Waals surface area contributed by atoms with Gasteiger partial charge in [0.15, 0.2) is 0 Å². The van der Waals surface area contributed by atoms with Gasteiger partial charge < -0.3 is 19.6 Å². The molecule has 0 fully saturated rings. The molecule has 0 bridgehead atoms. The third kappa shape index (κ3) is 5.93. The van der Waals surface area contributed by atoms with Gasteiger partial charge in [-0.15, -0.1) is 0 Å². The van der Waals surface area contributed by atoms with Crippen molar-refractivity contribution in [3.63, 3.8) is 0 Å². The quantitative estimate of drug-likeness (QED) is 0.811. The number of carbonyl (C=O) groups excluding carboxylic acids is 2. The number of methoxy groups -OCH3 is 1. The molecule has 0 spiro atoms. The Labute approximate surface area is 138 Å². The Morgan fingerprint density at radius 2 is 1.74 bits per heavy atom. The van der Waals surface area contributed by atoms with Crippen LogP contribution in [0.25, 0.3) is 0 Å². The highest BCUT2D eigenvalue weighted by Gasteiger charge is 2.29. The van der Waals surface area contributed by atoms with Crippen LogP contribution in [0.1, 0.15) is 46.2 Å². The van der Waals surface area contributed by atoms with E-state index in [9.17, 15) is 9.59 Å². The van der Waals surface area contributed by atoms with Gasteiger partial charge >= 0.3 is 6.09 Å². The molecular formula is C18H27NO4. The van der Waals surface area contributed by atoms with E-state index in [2.05, 4.69) is 5.32 Å². The molecule has 1 aromatic carbocycles. The summed E-state index contributed by atoms with van der Waals surface area (Å²) in [4.78, 5) is 23.7. The molecule has 0 aromatic heterocycles. The fourth-order valence-electron chi connectivity index (χ4n) is 2.27. The van der Waals surface area contributed by atoms with Gasteiger partial charge in [-0.3, -0.25) is 0 Å². The zero-order chi connectivity index (χ0) is 17.6. The van der Waals surface area contributed by atoms with Crippen LogP contribution in [0.2, 0.25) is 0 Å². The molecule has 0 radical (unpaired) electrons. The molecule has 1 rings (SSSR count). The van der Waals surface area contributed by atoms with Gasteiger partial charge in [-0.05, 0) is 44.4 Å². The van der Waals surface area contributed by atoms with Crippen molar-refractivity contribution in [1.29, 1.82) is 0 Å². The van der Waals surface area contributed by atoms with Crippen LogP contribution in [0.3, 0.4) is 0 Å². The molecule has 0 unspecified atom stereocenters. The summed E-state index contributed by atoms with van der Waals surface area (Å²) < 4.78 is 10.5. The van der Waals surface area contributed by atoms with Crippen molar-refractivity contribution in [3.8, 4) is 5.75 Å². The average Bonchev–Trinajstić information content (AvgIpc) is 2.45. The monoisotopic (exact) mass is 321 g/mol. The molecule has 5 nitrogen and oxygen atoms in total. The summed E-state index contributed by atoms with van der Waals surface area (Å²) in [6.07, 6.45) is 0.350. The fraction of sp³-hybridized carbons (Fsp3) is 0.556. The number of rotatable bonds is 6. The Balaban J connectivity index is 3.05. The van der Waals surface area contributed by atoms with Crippen LogP contribution >= 0.6 is 0 Å². The molecular weight excluding hydrogens is 294 g/mol.